The molecule has 7 nitrogen and oxygen atoms in total. The molecule has 0 amide bonds. The third-order valence-electron chi connectivity index (χ3n) is 1.56. The third-order valence-corrected chi connectivity index (χ3v) is 1.56. The minimum Gasteiger partial charge on any atom is -0.465 e. The maximum absolute atomic E-state index is 11.1. The van der Waals surface area contributed by atoms with Crippen molar-refractivity contribution in [2.45, 2.75) is 0 Å². The SMILES string of the molecule is COC(=O)c1cc(C=O)nc([N+](=O)[O-])c1. The van der Waals surface area contributed by atoms with Crippen molar-refractivity contribution in [2.24, 2.45) is 0 Å². The Hall–Kier alpha value is -2.31. The van der Waals surface area contributed by atoms with Crippen LogP contribution in [0.2, 0.25) is 0 Å². The number of carbonyl (C=O) groups excluding carboxylic acids is 2. The average molecular weight is 210 g/mol. The van der Waals surface area contributed by atoms with Gasteiger partial charge in [-0.25, -0.2) is 4.79 Å². The molecule has 0 saturated carbocycles. The Kier molecular flexibility index (Phi) is 3.06. The zero-order valence-electron chi connectivity index (χ0n) is 7.67. The van der Waals surface area contributed by atoms with Gasteiger partial charge in [-0.05, 0) is 9.91 Å². The number of nitro groups is 1. The summed E-state index contributed by atoms with van der Waals surface area (Å²) in [5.74, 6) is -1.33. The van der Waals surface area contributed by atoms with Gasteiger partial charge in [0.15, 0.2) is 6.29 Å². The molecule has 7 heteroatoms. The summed E-state index contributed by atoms with van der Waals surface area (Å²) < 4.78 is 4.37. The number of rotatable bonds is 3. The molecule has 1 aromatic rings. The number of nitrogens with zero attached hydrogens (tertiary/aromatic N) is 2. The predicted octanol–water partition coefficient (Wildman–Crippen LogP) is 0.589. The van der Waals surface area contributed by atoms with E-state index in [-0.39, 0.29) is 11.3 Å². The fourth-order valence-corrected chi connectivity index (χ4v) is 0.926. The van der Waals surface area contributed by atoms with Gasteiger partial charge in [-0.15, -0.1) is 0 Å². The number of aldehydes is 1. The van der Waals surface area contributed by atoms with Crippen LogP contribution in [0.15, 0.2) is 12.1 Å². The molecule has 0 atom stereocenters. The van der Waals surface area contributed by atoms with Crippen LogP contribution in [0.25, 0.3) is 0 Å². The quantitative estimate of drug-likeness (QED) is 0.313. The molecule has 0 spiro atoms. The minimum atomic E-state index is -0.792. The van der Waals surface area contributed by atoms with Crippen molar-refractivity contribution in [1.29, 1.82) is 0 Å². The second-order valence-corrected chi connectivity index (χ2v) is 2.51. The lowest BCUT2D eigenvalue weighted by Gasteiger charge is -1.98. The largest absolute Gasteiger partial charge is 0.465 e. The smallest absolute Gasteiger partial charge is 0.365 e. The number of hydrogen-bond acceptors (Lipinski definition) is 6. The first kappa shape index (κ1) is 10.8. The minimum absolute atomic E-state index is 0.0821. The van der Waals surface area contributed by atoms with Gasteiger partial charge in [-0.3, -0.25) is 4.79 Å². The van der Waals surface area contributed by atoms with E-state index in [1.165, 1.54) is 0 Å². The van der Waals surface area contributed by atoms with Gasteiger partial charge >= 0.3 is 11.8 Å². The van der Waals surface area contributed by atoms with E-state index in [0.717, 1.165) is 19.2 Å². The maximum Gasteiger partial charge on any atom is 0.365 e. The Labute approximate surface area is 83.8 Å². The Balaban J connectivity index is 3.28. The number of ether oxygens (including phenoxy) is 1. The Morgan fingerprint density at radius 2 is 2.27 bits per heavy atom. The number of carbonyl (C=O) groups is 2. The number of pyridine rings is 1. The summed E-state index contributed by atoms with van der Waals surface area (Å²) in [7, 11) is 1.13. The van der Waals surface area contributed by atoms with Crippen molar-refractivity contribution in [1.82, 2.24) is 4.98 Å². The Morgan fingerprint density at radius 3 is 2.73 bits per heavy atom. The van der Waals surface area contributed by atoms with Gasteiger partial charge in [0.2, 0.25) is 5.69 Å². The summed E-state index contributed by atoms with van der Waals surface area (Å²) in [6, 6.07) is 2.06. The number of methoxy groups -OCH3 is 1. The zero-order chi connectivity index (χ0) is 11.4. The fraction of sp³-hybridized carbons (Fsp3) is 0.125. The molecule has 1 rings (SSSR count). The monoisotopic (exact) mass is 210 g/mol. The molecule has 1 heterocycles. The van der Waals surface area contributed by atoms with Crippen molar-refractivity contribution in [2.75, 3.05) is 7.11 Å². The van der Waals surface area contributed by atoms with Crippen LogP contribution in [-0.4, -0.2) is 29.3 Å². The van der Waals surface area contributed by atoms with Gasteiger partial charge in [-0.1, -0.05) is 0 Å². The number of aromatic nitrogens is 1. The first-order chi connectivity index (χ1) is 7.08. The van der Waals surface area contributed by atoms with Gasteiger partial charge in [0.05, 0.1) is 18.7 Å². The van der Waals surface area contributed by atoms with Crippen LogP contribution in [-0.2, 0) is 4.74 Å². The van der Waals surface area contributed by atoms with Crippen LogP contribution in [0.1, 0.15) is 20.8 Å². The summed E-state index contributed by atoms with van der Waals surface area (Å²) in [5, 5.41) is 10.4. The highest BCUT2D eigenvalue weighted by Gasteiger charge is 2.17. The lowest BCUT2D eigenvalue weighted by Crippen LogP contribution is -2.05. The molecule has 0 aliphatic heterocycles. The van der Waals surface area contributed by atoms with Crippen LogP contribution >= 0.6 is 0 Å². The molecular formula is C8H6N2O5. The van der Waals surface area contributed by atoms with Crippen LogP contribution in [0.3, 0.4) is 0 Å². The summed E-state index contributed by atoms with van der Waals surface area (Å²) in [6.45, 7) is 0. The molecule has 15 heavy (non-hydrogen) atoms. The van der Waals surface area contributed by atoms with Gasteiger partial charge < -0.3 is 14.9 Å². The maximum atomic E-state index is 11.1. The van der Waals surface area contributed by atoms with E-state index in [1.807, 2.05) is 0 Å². The summed E-state index contributed by atoms with van der Waals surface area (Å²) >= 11 is 0. The van der Waals surface area contributed by atoms with Crippen LogP contribution in [0, 0.1) is 10.1 Å². The van der Waals surface area contributed by atoms with Crippen molar-refractivity contribution in [3.63, 3.8) is 0 Å². The van der Waals surface area contributed by atoms with E-state index in [4.69, 9.17) is 0 Å². The van der Waals surface area contributed by atoms with Crippen molar-refractivity contribution in [3.8, 4) is 0 Å². The Bertz CT molecular complexity index is 429. The lowest BCUT2D eigenvalue weighted by molar-refractivity contribution is -0.389. The number of hydrogen-bond donors (Lipinski definition) is 0. The molecule has 0 aliphatic carbocycles. The van der Waals surface area contributed by atoms with Crippen LogP contribution < -0.4 is 0 Å². The first-order valence-corrected chi connectivity index (χ1v) is 3.78. The second kappa shape index (κ2) is 4.27. The summed E-state index contributed by atoms with van der Waals surface area (Å²) in [6.07, 6.45) is 0.319. The zero-order valence-corrected chi connectivity index (χ0v) is 7.67. The van der Waals surface area contributed by atoms with Gasteiger partial charge in [-0.2, -0.15) is 0 Å². The van der Waals surface area contributed by atoms with Crippen LogP contribution in [0.4, 0.5) is 5.82 Å². The van der Waals surface area contributed by atoms with Crippen LogP contribution in [0.5, 0.6) is 0 Å². The van der Waals surface area contributed by atoms with E-state index in [9.17, 15) is 19.7 Å². The average Bonchev–Trinajstić information content (AvgIpc) is 2.27. The normalized spacial score (nSPS) is 9.40. The van der Waals surface area contributed by atoms with E-state index in [1.54, 1.807) is 0 Å². The van der Waals surface area contributed by atoms with Gasteiger partial charge in [0.1, 0.15) is 0 Å². The van der Waals surface area contributed by atoms with Crippen molar-refractivity contribution in [3.05, 3.63) is 33.5 Å². The number of esters is 1. The van der Waals surface area contributed by atoms with Crippen molar-refractivity contribution >= 4 is 18.1 Å². The standard InChI is InChI=1S/C8H6N2O5/c1-15-8(12)5-2-6(4-11)9-7(3-5)10(13)14/h2-4H,1H3. The predicted molar refractivity (Wildman–Crippen MR) is 47.6 cm³/mol. The molecule has 78 valence electrons. The molecule has 0 saturated heterocycles. The molecule has 0 radical (unpaired) electrons. The first-order valence-electron chi connectivity index (χ1n) is 3.78. The van der Waals surface area contributed by atoms with E-state index >= 15 is 0 Å². The Morgan fingerprint density at radius 1 is 1.60 bits per heavy atom. The highest BCUT2D eigenvalue weighted by molar-refractivity contribution is 5.91. The van der Waals surface area contributed by atoms with E-state index in [2.05, 4.69) is 9.72 Å². The highest BCUT2D eigenvalue weighted by atomic mass is 16.6. The molecule has 0 unspecified atom stereocenters. The molecule has 0 bridgehead atoms. The topological polar surface area (TPSA) is 99.4 Å². The fourth-order valence-electron chi connectivity index (χ4n) is 0.926. The molecule has 0 aromatic carbocycles. The van der Waals surface area contributed by atoms with Gasteiger partial charge in [0, 0.05) is 6.07 Å². The second-order valence-electron chi connectivity index (χ2n) is 2.51. The highest BCUT2D eigenvalue weighted by Crippen LogP contribution is 2.12. The third kappa shape index (κ3) is 2.33. The molecule has 0 N–H and O–H groups in total. The molecular weight excluding hydrogens is 204 g/mol. The van der Waals surface area contributed by atoms with E-state index < -0.39 is 16.7 Å². The van der Waals surface area contributed by atoms with Gasteiger partial charge in [0.25, 0.3) is 0 Å². The summed E-state index contributed by atoms with van der Waals surface area (Å²) in [5.41, 5.74) is -0.272. The lowest BCUT2D eigenvalue weighted by atomic mass is 10.2. The summed E-state index contributed by atoms with van der Waals surface area (Å²) in [4.78, 5) is 34.5. The van der Waals surface area contributed by atoms with E-state index in [0.29, 0.717) is 6.29 Å². The van der Waals surface area contributed by atoms with Crippen molar-refractivity contribution < 1.29 is 19.2 Å². The molecule has 0 aliphatic rings. The molecule has 1 aromatic heterocycles. The molecule has 0 fully saturated rings.